The van der Waals surface area contributed by atoms with Crippen LogP contribution in [0.25, 0.3) is 0 Å². The third kappa shape index (κ3) is 6.02. The summed E-state index contributed by atoms with van der Waals surface area (Å²) in [6.45, 7) is 2.02. The smallest absolute Gasteiger partial charge is 0.338 e. The molecule has 1 aliphatic heterocycles. The molecule has 0 aliphatic carbocycles. The molecular weight excluding hydrogens is 404 g/mol. The SMILES string of the molecule is CCOC(=O)c1ccc(NC(=O)CC2S/C(=N/N=C/c3ccccc3)NC2=O)cc1. The van der Waals surface area contributed by atoms with Crippen LogP contribution < -0.4 is 10.6 Å². The Labute approximate surface area is 177 Å². The lowest BCUT2D eigenvalue weighted by molar-refractivity contribution is -0.122. The summed E-state index contributed by atoms with van der Waals surface area (Å²) >= 11 is 1.16. The zero-order valence-corrected chi connectivity index (χ0v) is 17.0. The highest BCUT2D eigenvalue weighted by atomic mass is 32.2. The zero-order valence-electron chi connectivity index (χ0n) is 16.2. The molecule has 0 aromatic heterocycles. The Hall–Kier alpha value is -3.46. The largest absolute Gasteiger partial charge is 0.462 e. The molecule has 154 valence electrons. The van der Waals surface area contributed by atoms with Gasteiger partial charge in [-0.1, -0.05) is 42.1 Å². The highest BCUT2D eigenvalue weighted by Gasteiger charge is 2.32. The molecule has 3 rings (SSSR count). The van der Waals surface area contributed by atoms with Crippen LogP contribution in [0.1, 0.15) is 29.3 Å². The van der Waals surface area contributed by atoms with Gasteiger partial charge < -0.3 is 15.4 Å². The van der Waals surface area contributed by atoms with Gasteiger partial charge in [-0.2, -0.15) is 5.10 Å². The molecule has 1 heterocycles. The van der Waals surface area contributed by atoms with Crippen molar-refractivity contribution in [1.82, 2.24) is 5.32 Å². The number of nitrogens with one attached hydrogen (secondary N) is 2. The molecule has 1 fully saturated rings. The van der Waals surface area contributed by atoms with Crippen molar-refractivity contribution < 1.29 is 19.1 Å². The van der Waals surface area contributed by atoms with E-state index in [0.717, 1.165) is 17.3 Å². The van der Waals surface area contributed by atoms with Gasteiger partial charge in [-0.05, 0) is 36.8 Å². The second kappa shape index (κ2) is 10.4. The Balaban J connectivity index is 1.51. The summed E-state index contributed by atoms with van der Waals surface area (Å²) in [6.07, 6.45) is 1.57. The number of thioether (sulfide) groups is 1. The molecule has 0 spiro atoms. The van der Waals surface area contributed by atoms with Gasteiger partial charge in [0.15, 0.2) is 5.17 Å². The fourth-order valence-corrected chi connectivity index (χ4v) is 3.48. The number of anilines is 1. The van der Waals surface area contributed by atoms with Crippen LogP contribution in [-0.2, 0) is 14.3 Å². The number of esters is 1. The summed E-state index contributed by atoms with van der Waals surface area (Å²) in [5.74, 6) is -1.03. The van der Waals surface area contributed by atoms with E-state index in [-0.39, 0.29) is 18.2 Å². The summed E-state index contributed by atoms with van der Waals surface area (Å²) in [6, 6.07) is 15.8. The first kappa shape index (κ1) is 21.3. The minimum absolute atomic E-state index is 0.0163. The van der Waals surface area contributed by atoms with Crippen molar-refractivity contribution in [3.05, 3.63) is 65.7 Å². The Morgan fingerprint density at radius 1 is 1.17 bits per heavy atom. The van der Waals surface area contributed by atoms with Crippen LogP contribution in [0, 0.1) is 0 Å². The van der Waals surface area contributed by atoms with Crippen LogP contribution in [-0.4, -0.2) is 41.0 Å². The van der Waals surface area contributed by atoms with Crippen molar-refractivity contribution in [3.8, 4) is 0 Å². The minimum atomic E-state index is -0.588. The molecule has 0 saturated carbocycles. The van der Waals surface area contributed by atoms with Gasteiger partial charge in [-0.25, -0.2) is 4.79 Å². The number of amides is 2. The van der Waals surface area contributed by atoms with Crippen LogP contribution in [0.5, 0.6) is 0 Å². The highest BCUT2D eigenvalue weighted by Crippen LogP contribution is 2.23. The first-order valence-corrected chi connectivity index (χ1v) is 10.1. The van der Waals surface area contributed by atoms with Crippen molar-refractivity contribution >= 4 is 46.6 Å². The molecule has 2 aromatic carbocycles. The summed E-state index contributed by atoms with van der Waals surface area (Å²) in [4.78, 5) is 36.0. The third-order valence-corrected chi connectivity index (χ3v) is 5.05. The Morgan fingerprint density at radius 3 is 2.60 bits per heavy atom. The van der Waals surface area contributed by atoms with Gasteiger partial charge in [0.1, 0.15) is 5.25 Å². The standard InChI is InChI=1S/C21H20N4O4S/c1-2-29-20(28)15-8-10-16(11-9-15)23-18(26)12-17-19(27)24-21(30-17)25-22-13-14-6-4-3-5-7-14/h3-11,13,17H,2,12H2,1H3,(H,23,26)(H,24,25,27)/b22-13+. The first-order valence-electron chi connectivity index (χ1n) is 9.26. The Morgan fingerprint density at radius 2 is 1.90 bits per heavy atom. The van der Waals surface area contributed by atoms with Crippen LogP contribution in [0.15, 0.2) is 64.8 Å². The molecule has 0 bridgehead atoms. The Kier molecular flexibility index (Phi) is 7.34. The number of amidine groups is 1. The van der Waals surface area contributed by atoms with Gasteiger partial charge in [0, 0.05) is 12.1 Å². The van der Waals surface area contributed by atoms with E-state index in [1.165, 1.54) is 0 Å². The van der Waals surface area contributed by atoms with Crippen LogP contribution in [0.4, 0.5) is 5.69 Å². The monoisotopic (exact) mass is 424 g/mol. The maximum atomic E-state index is 12.3. The summed E-state index contributed by atoms with van der Waals surface area (Å²) < 4.78 is 4.92. The van der Waals surface area contributed by atoms with Gasteiger partial charge in [0.05, 0.1) is 18.4 Å². The van der Waals surface area contributed by atoms with E-state index in [2.05, 4.69) is 20.8 Å². The van der Waals surface area contributed by atoms with E-state index in [1.54, 1.807) is 37.4 Å². The number of carbonyl (C=O) groups excluding carboxylic acids is 3. The second-order valence-corrected chi connectivity index (χ2v) is 7.40. The predicted octanol–water partition coefficient (Wildman–Crippen LogP) is 2.81. The third-order valence-electron chi connectivity index (χ3n) is 3.98. The lowest BCUT2D eigenvalue weighted by Crippen LogP contribution is -2.28. The maximum absolute atomic E-state index is 12.3. The van der Waals surface area contributed by atoms with E-state index < -0.39 is 11.2 Å². The van der Waals surface area contributed by atoms with Gasteiger partial charge >= 0.3 is 5.97 Å². The molecule has 1 saturated heterocycles. The van der Waals surface area contributed by atoms with E-state index in [1.807, 2.05) is 30.3 Å². The van der Waals surface area contributed by atoms with E-state index in [4.69, 9.17) is 4.74 Å². The molecule has 2 amide bonds. The quantitative estimate of drug-likeness (QED) is 0.404. The van der Waals surface area contributed by atoms with Crippen molar-refractivity contribution in [1.29, 1.82) is 0 Å². The van der Waals surface area contributed by atoms with Crippen LogP contribution in [0.3, 0.4) is 0 Å². The average molecular weight is 424 g/mol. The molecule has 0 radical (unpaired) electrons. The van der Waals surface area contributed by atoms with Crippen molar-refractivity contribution in [2.45, 2.75) is 18.6 Å². The van der Waals surface area contributed by atoms with Crippen LogP contribution >= 0.6 is 11.8 Å². The fourth-order valence-electron chi connectivity index (χ4n) is 2.56. The zero-order chi connectivity index (χ0) is 21.3. The molecule has 9 heteroatoms. The van der Waals surface area contributed by atoms with E-state index in [9.17, 15) is 14.4 Å². The number of hydrogen-bond acceptors (Lipinski definition) is 7. The molecule has 30 heavy (non-hydrogen) atoms. The van der Waals surface area contributed by atoms with Crippen molar-refractivity contribution in [2.75, 3.05) is 11.9 Å². The van der Waals surface area contributed by atoms with Gasteiger partial charge in [-0.3, -0.25) is 9.59 Å². The van der Waals surface area contributed by atoms with Crippen LogP contribution in [0.2, 0.25) is 0 Å². The molecule has 2 aromatic rings. The average Bonchev–Trinajstić information content (AvgIpc) is 3.08. The molecule has 8 nitrogen and oxygen atoms in total. The number of hydrogen-bond donors (Lipinski definition) is 2. The fraction of sp³-hybridized carbons (Fsp3) is 0.190. The molecule has 2 N–H and O–H groups in total. The molecule has 1 aliphatic rings. The van der Waals surface area contributed by atoms with Crippen molar-refractivity contribution in [2.24, 2.45) is 10.2 Å². The maximum Gasteiger partial charge on any atom is 0.338 e. The second-order valence-electron chi connectivity index (χ2n) is 6.21. The highest BCUT2D eigenvalue weighted by molar-refractivity contribution is 8.15. The first-order chi connectivity index (χ1) is 14.5. The van der Waals surface area contributed by atoms with Gasteiger partial charge in [0.2, 0.25) is 11.8 Å². The Bertz CT molecular complexity index is 974. The predicted molar refractivity (Wildman–Crippen MR) is 117 cm³/mol. The number of rotatable bonds is 7. The normalized spacial score (nSPS) is 17.2. The summed E-state index contributed by atoms with van der Waals surface area (Å²) in [5, 5.41) is 13.1. The van der Waals surface area contributed by atoms with E-state index >= 15 is 0 Å². The minimum Gasteiger partial charge on any atom is -0.462 e. The topological polar surface area (TPSA) is 109 Å². The number of ether oxygens (including phenoxy) is 1. The molecular formula is C21H20N4O4S. The lowest BCUT2D eigenvalue weighted by Gasteiger charge is -2.08. The summed E-state index contributed by atoms with van der Waals surface area (Å²) in [7, 11) is 0. The molecule has 1 unspecified atom stereocenters. The van der Waals surface area contributed by atoms with E-state index in [0.29, 0.717) is 23.0 Å². The number of carbonyl (C=O) groups is 3. The number of benzene rings is 2. The molecule has 1 atom stereocenters. The van der Waals surface area contributed by atoms with Gasteiger partial charge in [-0.15, -0.1) is 5.10 Å². The summed E-state index contributed by atoms with van der Waals surface area (Å²) in [5.41, 5.74) is 1.82. The van der Waals surface area contributed by atoms with Crippen molar-refractivity contribution in [3.63, 3.8) is 0 Å². The lowest BCUT2D eigenvalue weighted by atomic mass is 10.2. The van der Waals surface area contributed by atoms with Gasteiger partial charge in [0.25, 0.3) is 0 Å². The number of nitrogens with zero attached hydrogens (tertiary/aromatic N) is 2.